The maximum absolute atomic E-state index is 13.1. The average Bonchev–Trinajstić information content (AvgIpc) is 2.90. The van der Waals surface area contributed by atoms with Crippen LogP contribution in [0.4, 0.5) is 0 Å². The molecule has 1 N–H and O–H groups in total. The predicted molar refractivity (Wildman–Crippen MR) is 141 cm³/mol. The van der Waals surface area contributed by atoms with Crippen molar-refractivity contribution in [1.82, 2.24) is 10.2 Å². The topological polar surface area (TPSA) is 71.8 Å². The van der Waals surface area contributed by atoms with E-state index in [1.807, 2.05) is 36.4 Å². The molecule has 1 aliphatic rings. The number of rotatable bonds is 7. The molecular formula is C30H30N2O4. The number of piperidine rings is 1. The van der Waals surface area contributed by atoms with Crippen molar-refractivity contribution >= 4 is 16.9 Å². The number of benzene rings is 3. The number of likely N-dealkylation sites (tertiary alicyclic amines) is 1. The summed E-state index contributed by atoms with van der Waals surface area (Å²) in [5.74, 6) is 0.895. The summed E-state index contributed by atoms with van der Waals surface area (Å²) in [6, 6.07) is 25.2. The lowest BCUT2D eigenvalue weighted by Gasteiger charge is -2.32. The highest BCUT2D eigenvalue weighted by atomic mass is 16.5. The third kappa shape index (κ3) is 5.50. The number of nitrogens with zero attached hydrogens (tertiary/aromatic N) is 1. The number of carbonyl (C=O) groups is 1. The van der Waals surface area contributed by atoms with Gasteiger partial charge in [0.15, 0.2) is 6.61 Å². The Morgan fingerprint density at radius 1 is 1.00 bits per heavy atom. The van der Waals surface area contributed by atoms with Crippen LogP contribution in [0, 0.1) is 6.92 Å². The van der Waals surface area contributed by atoms with Crippen molar-refractivity contribution in [2.45, 2.75) is 32.4 Å². The van der Waals surface area contributed by atoms with E-state index in [0.717, 1.165) is 38.0 Å². The number of fused-ring (bicyclic) bond motifs is 1. The van der Waals surface area contributed by atoms with Gasteiger partial charge in [0.2, 0.25) is 5.43 Å². The van der Waals surface area contributed by atoms with Crippen LogP contribution in [0.1, 0.15) is 24.2 Å². The van der Waals surface area contributed by atoms with Gasteiger partial charge in [-0.15, -0.1) is 0 Å². The van der Waals surface area contributed by atoms with E-state index < -0.39 is 0 Å². The van der Waals surface area contributed by atoms with Crippen LogP contribution in [-0.4, -0.2) is 36.5 Å². The average molecular weight is 483 g/mol. The molecule has 2 heterocycles. The Morgan fingerprint density at radius 2 is 1.69 bits per heavy atom. The molecule has 36 heavy (non-hydrogen) atoms. The Balaban J connectivity index is 1.16. The summed E-state index contributed by atoms with van der Waals surface area (Å²) in [6.07, 6.45) is 1.84. The van der Waals surface area contributed by atoms with Crippen LogP contribution in [-0.2, 0) is 11.3 Å². The van der Waals surface area contributed by atoms with Crippen LogP contribution < -0.4 is 15.5 Å². The summed E-state index contributed by atoms with van der Waals surface area (Å²) in [6.45, 7) is 4.55. The van der Waals surface area contributed by atoms with Gasteiger partial charge in [0, 0.05) is 31.7 Å². The summed E-state index contributed by atoms with van der Waals surface area (Å²) < 4.78 is 11.7. The smallest absolute Gasteiger partial charge is 0.258 e. The molecule has 0 bridgehead atoms. The van der Waals surface area contributed by atoms with Crippen molar-refractivity contribution in [2.75, 3.05) is 19.7 Å². The Bertz CT molecular complexity index is 1390. The number of aryl methyl sites for hydroxylation is 1. The van der Waals surface area contributed by atoms with Crippen molar-refractivity contribution < 1.29 is 13.9 Å². The van der Waals surface area contributed by atoms with E-state index in [2.05, 4.69) is 34.5 Å². The van der Waals surface area contributed by atoms with Gasteiger partial charge in [0.25, 0.3) is 5.91 Å². The highest BCUT2D eigenvalue weighted by Gasteiger charge is 2.21. The van der Waals surface area contributed by atoms with Gasteiger partial charge in [0.05, 0.1) is 10.9 Å². The van der Waals surface area contributed by atoms with Crippen LogP contribution >= 0.6 is 0 Å². The Labute approximate surface area is 210 Å². The van der Waals surface area contributed by atoms with E-state index in [1.54, 1.807) is 25.1 Å². The molecule has 0 saturated carbocycles. The summed E-state index contributed by atoms with van der Waals surface area (Å²) in [5.41, 5.74) is 3.06. The van der Waals surface area contributed by atoms with Gasteiger partial charge < -0.3 is 14.5 Å². The van der Waals surface area contributed by atoms with E-state index in [-0.39, 0.29) is 24.0 Å². The lowest BCUT2D eigenvalue weighted by atomic mass is 10.0. The summed E-state index contributed by atoms with van der Waals surface area (Å²) in [4.78, 5) is 28.0. The number of hydrogen-bond acceptors (Lipinski definition) is 5. The summed E-state index contributed by atoms with van der Waals surface area (Å²) >= 11 is 0. The van der Waals surface area contributed by atoms with Crippen molar-refractivity contribution in [3.05, 3.63) is 100 Å². The molecular weight excluding hydrogens is 452 g/mol. The molecule has 1 aromatic heterocycles. The third-order valence-corrected chi connectivity index (χ3v) is 6.67. The number of hydrogen-bond donors (Lipinski definition) is 1. The van der Waals surface area contributed by atoms with Crippen LogP contribution in [0.2, 0.25) is 0 Å². The molecule has 6 nitrogen and oxygen atoms in total. The molecule has 1 saturated heterocycles. The largest absolute Gasteiger partial charge is 0.484 e. The van der Waals surface area contributed by atoms with Crippen LogP contribution in [0.25, 0.3) is 22.1 Å². The maximum Gasteiger partial charge on any atom is 0.258 e. The van der Waals surface area contributed by atoms with Crippen LogP contribution in [0.5, 0.6) is 5.75 Å². The first-order valence-corrected chi connectivity index (χ1v) is 12.4. The fourth-order valence-corrected chi connectivity index (χ4v) is 4.81. The summed E-state index contributed by atoms with van der Waals surface area (Å²) in [7, 11) is 0. The minimum atomic E-state index is -0.145. The quantitative estimate of drug-likeness (QED) is 0.405. The first-order chi connectivity index (χ1) is 17.6. The standard InChI is InChI=1S/C30H30N2O4/c1-21-29(23-10-6-3-7-11-23)30(34)26-13-12-25(18-27(26)36-21)35-20-28(33)31-24-14-16-32(17-15-24)19-22-8-4-2-5-9-22/h2-13,18,24H,14-17,19-20H2,1H3,(H,31,33). The molecule has 1 amide bonds. The molecule has 1 aliphatic heterocycles. The molecule has 1 fully saturated rings. The van der Waals surface area contributed by atoms with E-state index in [1.165, 1.54) is 5.56 Å². The highest BCUT2D eigenvalue weighted by Crippen LogP contribution is 2.26. The monoisotopic (exact) mass is 482 g/mol. The number of ether oxygens (including phenoxy) is 1. The zero-order valence-corrected chi connectivity index (χ0v) is 20.4. The first-order valence-electron chi connectivity index (χ1n) is 12.4. The fraction of sp³-hybridized carbons (Fsp3) is 0.267. The SMILES string of the molecule is Cc1oc2cc(OCC(=O)NC3CCN(Cc4ccccc4)CC3)ccc2c(=O)c1-c1ccccc1. The minimum absolute atomic E-state index is 0.0807. The maximum atomic E-state index is 13.1. The molecule has 3 aromatic carbocycles. The Morgan fingerprint density at radius 3 is 2.42 bits per heavy atom. The second kappa shape index (κ2) is 10.8. The number of nitrogens with one attached hydrogen (secondary N) is 1. The molecule has 6 heteroatoms. The number of amides is 1. The molecule has 0 aliphatic carbocycles. The Hall–Kier alpha value is -3.90. The highest BCUT2D eigenvalue weighted by molar-refractivity contribution is 5.84. The zero-order chi connectivity index (χ0) is 24.9. The molecule has 5 rings (SSSR count). The van der Waals surface area contributed by atoms with Gasteiger partial charge in [0.1, 0.15) is 17.1 Å². The minimum Gasteiger partial charge on any atom is -0.484 e. The normalized spacial score (nSPS) is 14.6. The zero-order valence-electron chi connectivity index (χ0n) is 20.4. The molecule has 0 unspecified atom stereocenters. The third-order valence-electron chi connectivity index (χ3n) is 6.67. The lowest BCUT2D eigenvalue weighted by Crippen LogP contribution is -2.45. The Kier molecular flexibility index (Phi) is 7.14. The van der Waals surface area contributed by atoms with Crippen molar-refractivity contribution in [3.63, 3.8) is 0 Å². The van der Waals surface area contributed by atoms with Crippen molar-refractivity contribution in [1.29, 1.82) is 0 Å². The van der Waals surface area contributed by atoms with Crippen LogP contribution in [0.15, 0.2) is 88.1 Å². The van der Waals surface area contributed by atoms with Gasteiger partial charge in [-0.2, -0.15) is 0 Å². The van der Waals surface area contributed by atoms with E-state index in [9.17, 15) is 9.59 Å². The molecule has 4 aromatic rings. The molecule has 184 valence electrons. The first kappa shape index (κ1) is 23.8. The molecule has 0 atom stereocenters. The fourth-order valence-electron chi connectivity index (χ4n) is 4.81. The van der Waals surface area contributed by atoms with Crippen molar-refractivity contribution in [2.24, 2.45) is 0 Å². The van der Waals surface area contributed by atoms with Gasteiger partial charge in [-0.05, 0) is 43.0 Å². The van der Waals surface area contributed by atoms with Gasteiger partial charge in [-0.25, -0.2) is 0 Å². The summed E-state index contributed by atoms with van der Waals surface area (Å²) in [5, 5.41) is 3.58. The van der Waals surface area contributed by atoms with E-state index in [4.69, 9.17) is 9.15 Å². The van der Waals surface area contributed by atoms with E-state index >= 15 is 0 Å². The second-order valence-corrected chi connectivity index (χ2v) is 9.28. The van der Waals surface area contributed by atoms with Crippen LogP contribution in [0.3, 0.4) is 0 Å². The molecule has 0 radical (unpaired) electrons. The number of carbonyl (C=O) groups excluding carboxylic acids is 1. The van der Waals surface area contributed by atoms with Gasteiger partial charge in [-0.1, -0.05) is 60.7 Å². The second-order valence-electron chi connectivity index (χ2n) is 9.28. The lowest BCUT2D eigenvalue weighted by molar-refractivity contribution is -0.124. The van der Waals surface area contributed by atoms with E-state index in [0.29, 0.717) is 28.0 Å². The van der Waals surface area contributed by atoms with Gasteiger partial charge in [-0.3, -0.25) is 14.5 Å². The van der Waals surface area contributed by atoms with Crippen molar-refractivity contribution in [3.8, 4) is 16.9 Å². The molecule has 0 spiro atoms. The van der Waals surface area contributed by atoms with Gasteiger partial charge >= 0.3 is 0 Å². The predicted octanol–water partition coefficient (Wildman–Crippen LogP) is 4.93.